The van der Waals surface area contributed by atoms with Crippen molar-refractivity contribution in [2.45, 2.75) is 19.6 Å². The van der Waals surface area contributed by atoms with Crippen molar-refractivity contribution in [1.82, 2.24) is 14.8 Å². The molecule has 1 aromatic heterocycles. The minimum Gasteiger partial charge on any atom is -0.508 e. The smallest absolute Gasteiger partial charge is 0.248 e. The number of ether oxygens (including phenoxy) is 1. The molecule has 2 heterocycles. The zero-order valence-electron chi connectivity index (χ0n) is 18.5. The summed E-state index contributed by atoms with van der Waals surface area (Å²) in [5.41, 5.74) is 9.44. The lowest BCUT2D eigenvalue weighted by Gasteiger charge is -2.27. The van der Waals surface area contributed by atoms with E-state index in [4.69, 9.17) is 10.5 Å². The highest BCUT2D eigenvalue weighted by Crippen LogP contribution is 2.36. The van der Waals surface area contributed by atoms with Crippen molar-refractivity contribution in [1.29, 1.82) is 0 Å². The number of hydrogen-bond acceptors (Lipinski definition) is 6. The van der Waals surface area contributed by atoms with Gasteiger partial charge < -0.3 is 20.9 Å². The van der Waals surface area contributed by atoms with Gasteiger partial charge in [0.25, 0.3) is 0 Å². The highest BCUT2D eigenvalue weighted by atomic mass is 16.5. The van der Waals surface area contributed by atoms with Crippen molar-refractivity contribution in [2.75, 3.05) is 5.32 Å². The van der Waals surface area contributed by atoms with Crippen LogP contribution in [0.15, 0.2) is 90.1 Å². The molecule has 4 N–H and O–H groups in total. The normalized spacial score (nSPS) is 14.9. The molecular formula is C26H23N5O3. The zero-order valence-corrected chi connectivity index (χ0v) is 18.5. The lowest BCUT2D eigenvalue weighted by atomic mass is 9.95. The van der Waals surface area contributed by atoms with E-state index in [1.807, 2.05) is 54.6 Å². The maximum atomic E-state index is 12.4. The third-order valence-electron chi connectivity index (χ3n) is 5.69. The van der Waals surface area contributed by atoms with Crippen LogP contribution in [0, 0.1) is 0 Å². The van der Waals surface area contributed by atoms with Crippen LogP contribution in [0.4, 0.5) is 5.95 Å². The number of aromatic hydroxyl groups is 1. The van der Waals surface area contributed by atoms with Crippen molar-refractivity contribution in [3.05, 3.63) is 101 Å². The lowest BCUT2D eigenvalue weighted by molar-refractivity contribution is -0.115. The molecule has 0 saturated carbocycles. The summed E-state index contributed by atoms with van der Waals surface area (Å²) in [6.07, 6.45) is 0. The third-order valence-corrected chi connectivity index (χ3v) is 5.69. The molecular weight excluding hydrogens is 430 g/mol. The first kappa shape index (κ1) is 21.3. The number of rotatable bonds is 6. The van der Waals surface area contributed by atoms with Crippen LogP contribution >= 0.6 is 0 Å². The molecule has 0 fully saturated rings. The molecule has 4 aromatic rings. The fraction of sp³-hybridized carbons (Fsp3) is 0.115. The van der Waals surface area contributed by atoms with Crippen LogP contribution in [0.5, 0.6) is 11.5 Å². The maximum Gasteiger partial charge on any atom is 0.248 e. The SMILES string of the molecule is CC1=C(C(N)=O)C(c2ccc(OCc3ccccc3)cc2)n2nc(-c3ccc(O)cc3)nc2N1. The molecule has 1 aliphatic heterocycles. The minimum atomic E-state index is -0.546. The molecule has 0 saturated heterocycles. The predicted octanol–water partition coefficient (Wildman–Crippen LogP) is 4.00. The quantitative estimate of drug-likeness (QED) is 0.406. The van der Waals surface area contributed by atoms with E-state index in [1.165, 1.54) is 0 Å². The Bertz CT molecular complexity index is 1360. The number of nitrogens with zero attached hydrogens (tertiary/aromatic N) is 3. The van der Waals surface area contributed by atoms with Crippen molar-refractivity contribution in [3.8, 4) is 22.9 Å². The van der Waals surface area contributed by atoms with E-state index in [1.54, 1.807) is 35.9 Å². The summed E-state index contributed by atoms with van der Waals surface area (Å²) in [4.78, 5) is 17.0. The van der Waals surface area contributed by atoms with E-state index in [2.05, 4.69) is 15.4 Å². The van der Waals surface area contributed by atoms with E-state index >= 15 is 0 Å². The Labute approximate surface area is 196 Å². The van der Waals surface area contributed by atoms with Crippen LogP contribution in [-0.2, 0) is 11.4 Å². The molecule has 8 nitrogen and oxygen atoms in total. The average molecular weight is 454 g/mol. The molecule has 8 heteroatoms. The van der Waals surface area contributed by atoms with E-state index in [-0.39, 0.29) is 5.75 Å². The number of carbonyl (C=O) groups is 1. The van der Waals surface area contributed by atoms with Crippen molar-refractivity contribution in [2.24, 2.45) is 5.73 Å². The molecule has 1 unspecified atom stereocenters. The maximum absolute atomic E-state index is 12.4. The van der Waals surface area contributed by atoms with Gasteiger partial charge in [0.05, 0.1) is 5.57 Å². The van der Waals surface area contributed by atoms with Gasteiger partial charge in [-0.3, -0.25) is 4.79 Å². The molecule has 0 spiro atoms. The summed E-state index contributed by atoms with van der Waals surface area (Å²) < 4.78 is 7.56. The predicted molar refractivity (Wildman–Crippen MR) is 128 cm³/mol. The molecule has 5 rings (SSSR count). The molecule has 3 aromatic carbocycles. The van der Waals surface area contributed by atoms with Gasteiger partial charge in [0.1, 0.15) is 24.1 Å². The monoisotopic (exact) mass is 453 g/mol. The van der Waals surface area contributed by atoms with Crippen molar-refractivity contribution < 1.29 is 14.6 Å². The highest BCUT2D eigenvalue weighted by Gasteiger charge is 2.33. The molecule has 0 radical (unpaired) electrons. The van der Waals surface area contributed by atoms with Gasteiger partial charge in [0.2, 0.25) is 11.9 Å². The second-order valence-electron chi connectivity index (χ2n) is 8.02. The minimum absolute atomic E-state index is 0.159. The number of allylic oxidation sites excluding steroid dienone is 1. The Morgan fingerprint density at radius 1 is 1.06 bits per heavy atom. The van der Waals surface area contributed by atoms with Gasteiger partial charge in [-0.15, -0.1) is 5.10 Å². The summed E-state index contributed by atoms with van der Waals surface area (Å²) in [5.74, 6) is 1.30. The van der Waals surface area contributed by atoms with Crippen LogP contribution in [-0.4, -0.2) is 25.8 Å². The largest absolute Gasteiger partial charge is 0.508 e. The number of carbonyl (C=O) groups excluding carboxylic acids is 1. The molecule has 1 atom stereocenters. The van der Waals surface area contributed by atoms with Crippen molar-refractivity contribution >= 4 is 11.9 Å². The number of nitrogens with one attached hydrogen (secondary N) is 1. The van der Waals surface area contributed by atoms with Crippen LogP contribution in [0.1, 0.15) is 24.1 Å². The Hall–Kier alpha value is -4.59. The standard InChI is InChI=1S/C26H23N5O3/c1-16-22(24(27)33)23(18-9-13-21(14-10-18)34-15-17-5-3-2-4-6-17)31-26(28-16)29-25(30-31)19-7-11-20(32)12-8-19/h2-14,23,32H,15H2,1H3,(H2,27,33)(H,28,29,30). The second kappa shape index (κ2) is 8.74. The first-order valence-electron chi connectivity index (χ1n) is 10.8. The van der Waals surface area contributed by atoms with E-state index in [0.29, 0.717) is 35.4 Å². The van der Waals surface area contributed by atoms with Gasteiger partial charge in [-0.05, 0) is 54.4 Å². The molecule has 1 aliphatic rings. The summed E-state index contributed by atoms with van der Waals surface area (Å²) in [7, 11) is 0. The molecule has 170 valence electrons. The number of anilines is 1. The Morgan fingerprint density at radius 3 is 2.44 bits per heavy atom. The molecule has 0 aliphatic carbocycles. The topological polar surface area (TPSA) is 115 Å². The number of amides is 1. The van der Waals surface area contributed by atoms with Crippen molar-refractivity contribution in [3.63, 3.8) is 0 Å². The summed E-state index contributed by atoms with van der Waals surface area (Å²) >= 11 is 0. The number of phenolic OH excluding ortho intramolecular Hbond substituents is 1. The van der Waals surface area contributed by atoms with Crippen LogP contribution < -0.4 is 15.8 Å². The Morgan fingerprint density at radius 2 is 1.76 bits per heavy atom. The summed E-state index contributed by atoms with van der Waals surface area (Å²) in [5, 5.41) is 17.4. The van der Waals surface area contributed by atoms with Gasteiger partial charge in [0, 0.05) is 11.3 Å². The first-order valence-corrected chi connectivity index (χ1v) is 10.8. The highest BCUT2D eigenvalue weighted by molar-refractivity contribution is 5.95. The molecule has 0 bridgehead atoms. The number of benzene rings is 3. The number of phenols is 1. The van der Waals surface area contributed by atoms with E-state index in [0.717, 1.165) is 16.7 Å². The number of primary amides is 1. The van der Waals surface area contributed by atoms with Gasteiger partial charge in [-0.25, -0.2) is 4.68 Å². The summed E-state index contributed by atoms with van der Waals surface area (Å²) in [6, 6.07) is 23.5. The lowest BCUT2D eigenvalue weighted by Crippen LogP contribution is -2.31. The number of hydrogen-bond donors (Lipinski definition) is 3. The molecule has 1 amide bonds. The van der Waals surface area contributed by atoms with E-state index < -0.39 is 11.9 Å². The van der Waals surface area contributed by atoms with E-state index in [9.17, 15) is 9.90 Å². The third kappa shape index (κ3) is 4.09. The van der Waals surface area contributed by atoms with Crippen LogP contribution in [0.25, 0.3) is 11.4 Å². The van der Waals surface area contributed by atoms with Gasteiger partial charge >= 0.3 is 0 Å². The number of fused-ring (bicyclic) bond motifs is 1. The van der Waals surface area contributed by atoms with Gasteiger partial charge in [0.15, 0.2) is 5.82 Å². The summed E-state index contributed by atoms with van der Waals surface area (Å²) in [6.45, 7) is 2.26. The van der Waals surface area contributed by atoms with Crippen LogP contribution in [0.2, 0.25) is 0 Å². The fourth-order valence-corrected chi connectivity index (χ4v) is 4.00. The Balaban J connectivity index is 1.47. The second-order valence-corrected chi connectivity index (χ2v) is 8.02. The number of aromatic nitrogens is 3. The van der Waals surface area contributed by atoms with Crippen LogP contribution in [0.3, 0.4) is 0 Å². The zero-order chi connectivity index (χ0) is 23.7. The molecule has 34 heavy (non-hydrogen) atoms. The number of nitrogens with two attached hydrogens (primary N) is 1. The first-order chi connectivity index (χ1) is 16.5. The fourth-order valence-electron chi connectivity index (χ4n) is 4.00. The van der Waals surface area contributed by atoms with Gasteiger partial charge in [-0.2, -0.15) is 4.98 Å². The average Bonchev–Trinajstić information content (AvgIpc) is 3.26. The van der Waals surface area contributed by atoms with Gasteiger partial charge in [-0.1, -0.05) is 42.5 Å². The Kier molecular flexibility index (Phi) is 5.47.